The molecule has 0 spiro atoms. The van der Waals surface area contributed by atoms with E-state index in [1.165, 1.54) is 17.4 Å². The Morgan fingerprint density at radius 2 is 1.83 bits per heavy atom. The first kappa shape index (κ1) is 16.7. The predicted octanol–water partition coefficient (Wildman–Crippen LogP) is 2.65. The van der Waals surface area contributed by atoms with E-state index in [2.05, 4.69) is 10.2 Å². The van der Waals surface area contributed by atoms with E-state index in [1.807, 2.05) is 18.2 Å². The molecule has 0 bridgehead atoms. The summed E-state index contributed by atoms with van der Waals surface area (Å²) in [6, 6.07) is 8.98. The Labute approximate surface area is 144 Å². The average Bonchev–Trinajstić information content (AvgIpc) is 2.84. The topological polar surface area (TPSA) is 69.7 Å². The van der Waals surface area contributed by atoms with Gasteiger partial charge in [0, 0.05) is 11.8 Å². The van der Waals surface area contributed by atoms with E-state index in [1.54, 1.807) is 12.1 Å². The quantitative estimate of drug-likeness (QED) is 0.850. The SMILES string of the molecule is O=C(/C=C1\SC(=O)N(CN2CCCCC2)C1=O)Nc1ccccc1. The van der Waals surface area contributed by atoms with Crippen LogP contribution in [0, 0.1) is 0 Å². The summed E-state index contributed by atoms with van der Waals surface area (Å²) in [5.41, 5.74) is 0.645. The molecule has 126 valence electrons. The van der Waals surface area contributed by atoms with E-state index in [0.29, 0.717) is 12.4 Å². The summed E-state index contributed by atoms with van der Waals surface area (Å²) in [6.07, 6.45) is 4.57. The first-order valence-corrected chi connectivity index (χ1v) is 8.79. The Hall–Kier alpha value is -2.12. The minimum absolute atomic E-state index is 0.172. The largest absolute Gasteiger partial charge is 0.322 e. The van der Waals surface area contributed by atoms with Crippen molar-refractivity contribution in [1.29, 1.82) is 0 Å². The molecule has 0 saturated carbocycles. The van der Waals surface area contributed by atoms with Crippen LogP contribution in [0.2, 0.25) is 0 Å². The summed E-state index contributed by atoms with van der Waals surface area (Å²) in [4.78, 5) is 40.0. The number of thioether (sulfide) groups is 1. The lowest BCUT2D eigenvalue weighted by atomic mass is 10.1. The van der Waals surface area contributed by atoms with Gasteiger partial charge in [-0.3, -0.25) is 24.2 Å². The predicted molar refractivity (Wildman–Crippen MR) is 93.3 cm³/mol. The summed E-state index contributed by atoms with van der Waals surface area (Å²) in [5.74, 6) is -0.802. The van der Waals surface area contributed by atoms with Gasteiger partial charge in [-0.25, -0.2) is 0 Å². The van der Waals surface area contributed by atoms with Crippen molar-refractivity contribution >= 4 is 34.5 Å². The second-order valence-corrected chi connectivity index (χ2v) is 6.78. The number of hydrogen-bond acceptors (Lipinski definition) is 5. The number of anilines is 1. The Bertz CT molecular complexity index is 669. The number of piperidine rings is 1. The lowest BCUT2D eigenvalue weighted by Crippen LogP contribution is -2.42. The molecule has 3 rings (SSSR count). The van der Waals surface area contributed by atoms with E-state index in [9.17, 15) is 14.4 Å². The highest BCUT2D eigenvalue weighted by Gasteiger charge is 2.36. The molecule has 6 nitrogen and oxygen atoms in total. The van der Waals surface area contributed by atoms with Crippen LogP contribution in [0.1, 0.15) is 19.3 Å². The molecule has 0 aliphatic carbocycles. The number of carbonyl (C=O) groups excluding carboxylic acids is 3. The van der Waals surface area contributed by atoms with Crippen LogP contribution in [0.25, 0.3) is 0 Å². The Balaban J connectivity index is 1.63. The minimum Gasteiger partial charge on any atom is -0.322 e. The third kappa shape index (κ3) is 4.04. The molecule has 2 saturated heterocycles. The zero-order valence-electron chi connectivity index (χ0n) is 13.2. The monoisotopic (exact) mass is 345 g/mol. The van der Waals surface area contributed by atoms with Gasteiger partial charge in [-0.2, -0.15) is 0 Å². The molecular weight excluding hydrogens is 326 g/mol. The highest BCUT2D eigenvalue weighted by atomic mass is 32.2. The van der Waals surface area contributed by atoms with Gasteiger partial charge in [-0.15, -0.1) is 0 Å². The molecule has 1 aromatic carbocycles. The summed E-state index contributed by atoms with van der Waals surface area (Å²) in [5, 5.41) is 2.36. The number of rotatable bonds is 4. The standard InChI is InChI=1S/C17H19N3O3S/c21-15(18-13-7-3-1-4-8-13)11-14-16(22)20(17(23)24-14)12-19-9-5-2-6-10-19/h1,3-4,7-8,11H,2,5-6,9-10,12H2,(H,18,21)/b14-11-. The van der Waals surface area contributed by atoms with Crippen molar-refractivity contribution in [3.63, 3.8) is 0 Å². The molecule has 1 N–H and O–H groups in total. The molecular formula is C17H19N3O3S. The van der Waals surface area contributed by atoms with Crippen molar-refractivity contribution < 1.29 is 14.4 Å². The maximum Gasteiger partial charge on any atom is 0.294 e. The summed E-state index contributed by atoms with van der Waals surface area (Å²) >= 11 is 0.820. The third-order valence-corrected chi connectivity index (χ3v) is 4.87. The van der Waals surface area contributed by atoms with Crippen molar-refractivity contribution in [3.8, 4) is 0 Å². The van der Waals surface area contributed by atoms with Gasteiger partial charge in [0.1, 0.15) is 0 Å². The molecule has 24 heavy (non-hydrogen) atoms. The summed E-state index contributed by atoms with van der Waals surface area (Å²) in [7, 11) is 0. The fraction of sp³-hybridized carbons (Fsp3) is 0.353. The Morgan fingerprint density at radius 1 is 1.12 bits per heavy atom. The zero-order chi connectivity index (χ0) is 16.9. The van der Waals surface area contributed by atoms with Crippen LogP contribution in [0.3, 0.4) is 0 Å². The first-order valence-electron chi connectivity index (χ1n) is 7.97. The number of nitrogens with zero attached hydrogens (tertiary/aromatic N) is 2. The van der Waals surface area contributed by atoms with E-state index in [-0.39, 0.29) is 10.1 Å². The van der Waals surface area contributed by atoms with Crippen LogP contribution < -0.4 is 5.32 Å². The molecule has 2 heterocycles. The van der Waals surface area contributed by atoms with Crippen molar-refractivity contribution in [2.45, 2.75) is 19.3 Å². The van der Waals surface area contributed by atoms with Gasteiger partial charge in [0.25, 0.3) is 11.1 Å². The maximum atomic E-state index is 12.4. The smallest absolute Gasteiger partial charge is 0.294 e. The van der Waals surface area contributed by atoms with Crippen LogP contribution >= 0.6 is 11.8 Å². The van der Waals surface area contributed by atoms with Gasteiger partial charge in [-0.05, 0) is 49.8 Å². The van der Waals surface area contributed by atoms with Gasteiger partial charge in [0.2, 0.25) is 5.91 Å². The third-order valence-electron chi connectivity index (χ3n) is 3.97. The first-order chi connectivity index (χ1) is 11.6. The Kier molecular flexibility index (Phi) is 5.32. The maximum absolute atomic E-state index is 12.4. The Morgan fingerprint density at radius 3 is 2.54 bits per heavy atom. The van der Waals surface area contributed by atoms with E-state index in [4.69, 9.17) is 0 Å². The number of likely N-dealkylation sites (tertiary alicyclic amines) is 1. The highest BCUT2D eigenvalue weighted by molar-refractivity contribution is 8.18. The molecule has 0 atom stereocenters. The van der Waals surface area contributed by atoms with Gasteiger partial charge in [0.15, 0.2) is 0 Å². The van der Waals surface area contributed by atoms with Gasteiger partial charge in [0.05, 0.1) is 11.6 Å². The molecule has 2 fully saturated rings. The molecule has 2 aliphatic rings. The van der Waals surface area contributed by atoms with Crippen molar-refractivity contribution in [1.82, 2.24) is 9.80 Å². The average molecular weight is 345 g/mol. The number of hydrogen-bond donors (Lipinski definition) is 1. The van der Waals surface area contributed by atoms with Crippen LogP contribution in [0.4, 0.5) is 10.5 Å². The molecule has 7 heteroatoms. The second kappa shape index (κ2) is 7.63. The van der Waals surface area contributed by atoms with E-state index >= 15 is 0 Å². The van der Waals surface area contributed by atoms with E-state index < -0.39 is 11.8 Å². The molecule has 2 aliphatic heterocycles. The lowest BCUT2D eigenvalue weighted by molar-refractivity contribution is -0.124. The summed E-state index contributed by atoms with van der Waals surface area (Å²) in [6.45, 7) is 2.10. The number of amides is 3. The van der Waals surface area contributed by atoms with Gasteiger partial charge in [-0.1, -0.05) is 24.6 Å². The van der Waals surface area contributed by atoms with Crippen LogP contribution in [-0.4, -0.2) is 46.6 Å². The molecule has 3 amide bonds. The molecule has 0 radical (unpaired) electrons. The molecule has 1 aromatic rings. The fourth-order valence-electron chi connectivity index (χ4n) is 2.74. The van der Waals surface area contributed by atoms with Crippen molar-refractivity contribution in [3.05, 3.63) is 41.3 Å². The van der Waals surface area contributed by atoms with Crippen LogP contribution in [0.15, 0.2) is 41.3 Å². The number of imide groups is 1. The summed E-state index contributed by atoms with van der Waals surface area (Å²) < 4.78 is 0. The van der Waals surface area contributed by atoms with Gasteiger partial charge < -0.3 is 5.32 Å². The fourth-order valence-corrected chi connectivity index (χ4v) is 3.54. The van der Waals surface area contributed by atoms with Crippen LogP contribution in [0.5, 0.6) is 0 Å². The number of para-hydroxylation sites is 1. The lowest BCUT2D eigenvalue weighted by Gasteiger charge is -2.29. The number of benzene rings is 1. The highest BCUT2D eigenvalue weighted by Crippen LogP contribution is 2.31. The van der Waals surface area contributed by atoms with Crippen molar-refractivity contribution in [2.24, 2.45) is 0 Å². The van der Waals surface area contributed by atoms with Crippen molar-refractivity contribution in [2.75, 3.05) is 25.1 Å². The zero-order valence-corrected chi connectivity index (χ0v) is 14.1. The minimum atomic E-state index is -0.412. The normalized spacial score (nSPS) is 20.7. The number of nitrogens with one attached hydrogen (secondary N) is 1. The van der Waals surface area contributed by atoms with E-state index in [0.717, 1.165) is 37.7 Å². The number of carbonyl (C=O) groups is 3. The second-order valence-electron chi connectivity index (χ2n) is 5.79. The molecule has 0 unspecified atom stereocenters. The molecule has 0 aromatic heterocycles. The van der Waals surface area contributed by atoms with Gasteiger partial charge >= 0.3 is 0 Å². The van der Waals surface area contributed by atoms with Crippen LogP contribution in [-0.2, 0) is 9.59 Å².